The van der Waals surface area contributed by atoms with Crippen molar-refractivity contribution in [1.29, 1.82) is 0 Å². The molecule has 1 aromatic carbocycles. The van der Waals surface area contributed by atoms with Gasteiger partial charge in [0.2, 0.25) is 0 Å². The van der Waals surface area contributed by atoms with Gasteiger partial charge in [-0.15, -0.1) is 0 Å². The van der Waals surface area contributed by atoms with Crippen LogP contribution < -0.4 is 4.74 Å². The Morgan fingerprint density at radius 2 is 2.23 bits per heavy atom. The second-order valence-corrected chi connectivity index (χ2v) is 3.42. The summed E-state index contributed by atoms with van der Waals surface area (Å²) in [7, 11) is 1.60. The minimum Gasteiger partial charge on any atom is -0.497 e. The van der Waals surface area contributed by atoms with Crippen LogP contribution in [0.15, 0.2) is 18.2 Å². The molecule has 0 amide bonds. The van der Waals surface area contributed by atoms with Crippen LogP contribution in [0.3, 0.4) is 0 Å². The van der Waals surface area contributed by atoms with Crippen molar-refractivity contribution < 1.29 is 9.84 Å². The van der Waals surface area contributed by atoms with E-state index < -0.39 is 0 Å². The van der Waals surface area contributed by atoms with Crippen LogP contribution >= 0.6 is 11.6 Å². The van der Waals surface area contributed by atoms with E-state index in [1.165, 1.54) is 0 Å². The van der Waals surface area contributed by atoms with Gasteiger partial charge in [0.05, 0.1) is 13.2 Å². The van der Waals surface area contributed by atoms with Gasteiger partial charge in [-0.1, -0.05) is 17.7 Å². The summed E-state index contributed by atoms with van der Waals surface area (Å²) in [5.41, 5.74) is 0.942. The number of hydrogen-bond donors (Lipinski definition) is 1. The molecule has 0 fully saturated rings. The van der Waals surface area contributed by atoms with Crippen molar-refractivity contribution in [3.05, 3.63) is 28.8 Å². The quantitative estimate of drug-likeness (QED) is 0.811. The molecule has 0 aliphatic heterocycles. The Bertz CT molecular complexity index is 284. The first kappa shape index (κ1) is 10.4. The van der Waals surface area contributed by atoms with Crippen LogP contribution in [0.4, 0.5) is 0 Å². The van der Waals surface area contributed by atoms with E-state index in [1.54, 1.807) is 20.1 Å². The van der Waals surface area contributed by atoms with Crippen LogP contribution in [0.2, 0.25) is 5.02 Å². The monoisotopic (exact) mass is 200 g/mol. The minimum atomic E-state index is -0.370. The number of benzene rings is 1. The van der Waals surface area contributed by atoms with Crippen molar-refractivity contribution >= 4 is 11.6 Å². The lowest BCUT2D eigenvalue weighted by Gasteiger charge is -2.07. The molecule has 0 aromatic heterocycles. The van der Waals surface area contributed by atoms with Crippen molar-refractivity contribution in [2.24, 2.45) is 0 Å². The number of aliphatic hydroxyl groups is 1. The summed E-state index contributed by atoms with van der Waals surface area (Å²) in [6.45, 7) is 1.74. The molecule has 1 atom stereocenters. The van der Waals surface area contributed by atoms with E-state index in [0.29, 0.717) is 11.4 Å². The smallest absolute Gasteiger partial charge is 0.120 e. The van der Waals surface area contributed by atoms with Crippen LogP contribution in [-0.2, 0) is 6.42 Å². The second-order valence-electron chi connectivity index (χ2n) is 3.01. The average molecular weight is 201 g/mol. The van der Waals surface area contributed by atoms with Gasteiger partial charge in [-0.2, -0.15) is 0 Å². The van der Waals surface area contributed by atoms with E-state index in [2.05, 4.69) is 0 Å². The largest absolute Gasteiger partial charge is 0.497 e. The first-order valence-electron chi connectivity index (χ1n) is 4.14. The van der Waals surface area contributed by atoms with Gasteiger partial charge in [0.15, 0.2) is 0 Å². The van der Waals surface area contributed by atoms with E-state index in [9.17, 15) is 0 Å². The molecule has 0 radical (unpaired) electrons. The average Bonchev–Trinajstić information content (AvgIpc) is 2.08. The Labute approximate surface area is 83.1 Å². The third kappa shape index (κ3) is 2.90. The van der Waals surface area contributed by atoms with E-state index >= 15 is 0 Å². The lowest BCUT2D eigenvalue weighted by Crippen LogP contribution is -2.04. The molecular formula is C10H13ClO2. The summed E-state index contributed by atoms with van der Waals surface area (Å²) in [5.74, 6) is 0.736. The Hall–Kier alpha value is -0.730. The number of methoxy groups -OCH3 is 1. The molecule has 1 aromatic rings. The fourth-order valence-corrected chi connectivity index (χ4v) is 1.39. The summed E-state index contributed by atoms with van der Waals surface area (Å²) >= 11 is 5.96. The van der Waals surface area contributed by atoms with Gasteiger partial charge < -0.3 is 9.84 Å². The van der Waals surface area contributed by atoms with Crippen molar-refractivity contribution in [3.8, 4) is 5.75 Å². The number of rotatable bonds is 3. The molecular weight excluding hydrogens is 188 g/mol. The molecule has 2 nitrogen and oxygen atoms in total. The molecule has 3 heteroatoms. The van der Waals surface area contributed by atoms with Gasteiger partial charge in [-0.3, -0.25) is 0 Å². The first-order valence-corrected chi connectivity index (χ1v) is 4.51. The Kier molecular flexibility index (Phi) is 3.58. The maximum Gasteiger partial charge on any atom is 0.120 e. The van der Waals surface area contributed by atoms with Crippen molar-refractivity contribution in [1.82, 2.24) is 0 Å². The molecule has 0 bridgehead atoms. The summed E-state index contributed by atoms with van der Waals surface area (Å²) in [4.78, 5) is 0. The summed E-state index contributed by atoms with van der Waals surface area (Å²) in [6.07, 6.45) is 0.203. The fraction of sp³-hybridized carbons (Fsp3) is 0.400. The highest BCUT2D eigenvalue weighted by Crippen LogP contribution is 2.23. The van der Waals surface area contributed by atoms with Gasteiger partial charge in [-0.05, 0) is 31.0 Å². The molecule has 0 saturated carbocycles. The third-order valence-corrected chi connectivity index (χ3v) is 2.13. The molecule has 1 unspecified atom stereocenters. The van der Waals surface area contributed by atoms with Gasteiger partial charge in [0.25, 0.3) is 0 Å². The summed E-state index contributed by atoms with van der Waals surface area (Å²) in [5, 5.41) is 9.81. The molecule has 0 heterocycles. The van der Waals surface area contributed by atoms with Gasteiger partial charge in [0.1, 0.15) is 5.75 Å². The highest BCUT2D eigenvalue weighted by molar-refractivity contribution is 6.31. The topological polar surface area (TPSA) is 29.5 Å². The Morgan fingerprint density at radius 3 is 2.69 bits per heavy atom. The predicted molar refractivity (Wildman–Crippen MR) is 53.4 cm³/mol. The van der Waals surface area contributed by atoms with E-state index in [1.807, 2.05) is 12.1 Å². The zero-order valence-electron chi connectivity index (χ0n) is 7.75. The highest BCUT2D eigenvalue weighted by atomic mass is 35.5. The maximum absolute atomic E-state index is 9.17. The van der Waals surface area contributed by atoms with Gasteiger partial charge in [-0.25, -0.2) is 0 Å². The normalized spacial score (nSPS) is 12.6. The lowest BCUT2D eigenvalue weighted by atomic mass is 10.1. The standard InChI is InChI=1S/C10H13ClO2/c1-7(12)5-8-3-4-9(13-2)6-10(8)11/h3-4,6-7,12H,5H2,1-2H3. The number of hydrogen-bond acceptors (Lipinski definition) is 2. The molecule has 1 N–H and O–H groups in total. The summed E-state index contributed by atoms with van der Waals surface area (Å²) < 4.78 is 5.01. The first-order chi connectivity index (χ1) is 6.13. The lowest BCUT2D eigenvalue weighted by molar-refractivity contribution is 0.195. The number of ether oxygens (including phenoxy) is 1. The molecule has 0 spiro atoms. The second kappa shape index (κ2) is 4.49. The molecule has 0 aliphatic carbocycles. The Balaban J connectivity index is 2.85. The fourth-order valence-electron chi connectivity index (χ4n) is 1.14. The van der Waals surface area contributed by atoms with Crippen LogP contribution in [0, 0.1) is 0 Å². The zero-order chi connectivity index (χ0) is 9.84. The van der Waals surface area contributed by atoms with Gasteiger partial charge >= 0.3 is 0 Å². The minimum absolute atomic E-state index is 0.370. The van der Waals surface area contributed by atoms with E-state index in [0.717, 1.165) is 11.3 Å². The van der Waals surface area contributed by atoms with Crippen LogP contribution in [0.1, 0.15) is 12.5 Å². The third-order valence-electron chi connectivity index (χ3n) is 1.78. The van der Waals surface area contributed by atoms with E-state index in [4.69, 9.17) is 21.4 Å². The summed E-state index contributed by atoms with van der Waals surface area (Å²) in [6, 6.07) is 5.46. The number of aliphatic hydroxyl groups excluding tert-OH is 1. The molecule has 1 rings (SSSR count). The highest BCUT2D eigenvalue weighted by Gasteiger charge is 2.04. The van der Waals surface area contributed by atoms with Crippen LogP contribution in [-0.4, -0.2) is 18.3 Å². The maximum atomic E-state index is 9.17. The Morgan fingerprint density at radius 1 is 1.54 bits per heavy atom. The molecule has 0 saturated heterocycles. The van der Waals surface area contributed by atoms with Crippen LogP contribution in [0.5, 0.6) is 5.75 Å². The predicted octanol–water partition coefficient (Wildman–Crippen LogP) is 2.27. The van der Waals surface area contributed by atoms with Crippen molar-refractivity contribution in [3.63, 3.8) is 0 Å². The molecule has 72 valence electrons. The van der Waals surface area contributed by atoms with Crippen molar-refractivity contribution in [2.75, 3.05) is 7.11 Å². The number of halogens is 1. The van der Waals surface area contributed by atoms with E-state index in [-0.39, 0.29) is 6.10 Å². The van der Waals surface area contributed by atoms with Crippen molar-refractivity contribution in [2.45, 2.75) is 19.4 Å². The van der Waals surface area contributed by atoms with Gasteiger partial charge in [0, 0.05) is 5.02 Å². The SMILES string of the molecule is COc1ccc(CC(C)O)c(Cl)c1. The molecule has 0 aliphatic rings. The molecule has 13 heavy (non-hydrogen) atoms. The van der Waals surface area contributed by atoms with Crippen LogP contribution in [0.25, 0.3) is 0 Å². The zero-order valence-corrected chi connectivity index (χ0v) is 8.51.